The summed E-state index contributed by atoms with van der Waals surface area (Å²) in [7, 11) is 0. The van der Waals surface area contributed by atoms with Crippen LogP contribution in [0.1, 0.15) is 11.6 Å². The Morgan fingerprint density at radius 3 is 2.89 bits per heavy atom. The molecule has 0 atom stereocenters. The molecule has 0 bridgehead atoms. The van der Waals surface area contributed by atoms with Crippen LogP contribution in [-0.4, -0.2) is 19.7 Å². The molecule has 0 amide bonds. The Kier molecular flexibility index (Phi) is 3.00. The number of nitrogens with zero attached hydrogens (tertiary/aromatic N) is 4. The van der Waals surface area contributed by atoms with Gasteiger partial charge in [0.25, 0.3) is 5.56 Å². The summed E-state index contributed by atoms with van der Waals surface area (Å²) in [4.78, 5) is 20.7. The molecule has 0 radical (unpaired) electrons. The van der Waals surface area contributed by atoms with Gasteiger partial charge in [0.05, 0.1) is 23.3 Å². The summed E-state index contributed by atoms with van der Waals surface area (Å²) in [5.74, 6) is 1.03. The molecule has 0 saturated heterocycles. The van der Waals surface area contributed by atoms with Gasteiger partial charge in [-0.1, -0.05) is 17.3 Å². The summed E-state index contributed by atoms with van der Waals surface area (Å²) >= 11 is 5.86. The molecule has 0 unspecified atom stereocenters. The number of benzene rings is 1. The lowest BCUT2D eigenvalue weighted by Crippen LogP contribution is -2.25. The van der Waals surface area contributed by atoms with Crippen LogP contribution >= 0.6 is 11.6 Å². The van der Waals surface area contributed by atoms with Crippen LogP contribution in [0.3, 0.4) is 0 Å². The highest BCUT2D eigenvalue weighted by Gasteiger charge is 2.12. The predicted molar refractivity (Wildman–Crippen MR) is 69.0 cm³/mol. The lowest BCUT2D eigenvalue weighted by atomic mass is 10.2. The Balaban J connectivity index is 2.21. The van der Waals surface area contributed by atoms with E-state index in [1.54, 1.807) is 18.2 Å². The summed E-state index contributed by atoms with van der Waals surface area (Å²) in [5, 5.41) is 4.23. The Morgan fingerprint density at radius 1 is 1.32 bits per heavy atom. The third-order valence-corrected chi connectivity index (χ3v) is 3.01. The largest absolute Gasteiger partial charge is 0.343 e. The van der Waals surface area contributed by atoms with E-state index in [1.807, 2.05) is 6.07 Å². The van der Waals surface area contributed by atoms with Gasteiger partial charge in [-0.25, -0.2) is 4.98 Å². The van der Waals surface area contributed by atoms with Gasteiger partial charge in [-0.05, 0) is 12.1 Å². The lowest BCUT2D eigenvalue weighted by molar-refractivity contribution is 0.407. The summed E-state index contributed by atoms with van der Waals surface area (Å²) in [6.07, 6.45) is 1.22. The van der Waals surface area contributed by atoms with Crippen LogP contribution in [-0.2, 0) is 12.4 Å². The molecule has 0 spiro atoms. The van der Waals surface area contributed by atoms with Crippen molar-refractivity contribution in [1.29, 1.82) is 0 Å². The fourth-order valence-corrected chi connectivity index (χ4v) is 2.09. The second kappa shape index (κ2) is 4.81. The molecule has 0 aliphatic carbocycles. The van der Waals surface area contributed by atoms with E-state index < -0.39 is 0 Å². The maximum Gasteiger partial charge on any atom is 0.261 e. The normalized spacial score (nSPS) is 11.0. The molecule has 2 aromatic heterocycles. The zero-order valence-corrected chi connectivity index (χ0v) is 10.5. The highest BCUT2D eigenvalue weighted by molar-refractivity contribution is 6.16. The highest BCUT2D eigenvalue weighted by atomic mass is 35.5. The minimum absolute atomic E-state index is 0.137. The van der Waals surface area contributed by atoms with Crippen LogP contribution in [0.4, 0.5) is 0 Å². The van der Waals surface area contributed by atoms with E-state index in [0.717, 1.165) is 0 Å². The Labute approximate surface area is 112 Å². The molecule has 7 heteroatoms. The van der Waals surface area contributed by atoms with E-state index in [4.69, 9.17) is 11.6 Å². The summed E-state index contributed by atoms with van der Waals surface area (Å²) in [5.41, 5.74) is 0.471. The van der Waals surface area contributed by atoms with E-state index >= 15 is 0 Å². The van der Waals surface area contributed by atoms with E-state index in [1.165, 1.54) is 11.0 Å². The van der Waals surface area contributed by atoms with Crippen molar-refractivity contribution >= 4 is 22.5 Å². The lowest BCUT2D eigenvalue weighted by Gasteiger charge is -2.09. The molecule has 0 saturated carbocycles. The summed E-state index contributed by atoms with van der Waals surface area (Å²) < 4.78 is 6.12. The first-order valence-corrected chi connectivity index (χ1v) is 6.12. The molecule has 19 heavy (non-hydrogen) atoms. The summed E-state index contributed by atoms with van der Waals surface area (Å²) in [6, 6.07) is 7.14. The number of para-hydroxylation sites is 1. The molecule has 0 aliphatic heterocycles. The van der Waals surface area contributed by atoms with Gasteiger partial charge in [0, 0.05) is 0 Å². The van der Waals surface area contributed by atoms with Gasteiger partial charge in [0.15, 0.2) is 5.82 Å². The molecule has 0 fully saturated rings. The molecule has 2 heterocycles. The maximum atomic E-state index is 12.4. The van der Waals surface area contributed by atoms with Crippen LogP contribution in [0.15, 0.2) is 40.0 Å². The topological polar surface area (TPSA) is 73.8 Å². The monoisotopic (exact) mass is 276 g/mol. The summed E-state index contributed by atoms with van der Waals surface area (Å²) in [6.45, 7) is 0.190. The van der Waals surface area contributed by atoms with Gasteiger partial charge in [-0.15, -0.1) is 11.6 Å². The number of rotatable bonds is 3. The van der Waals surface area contributed by atoms with Gasteiger partial charge in [-0.3, -0.25) is 9.36 Å². The zero-order chi connectivity index (χ0) is 13.2. The predicted octanol–water partition coefficient (Wildman–Crippen LogP) is 1.57. The third kappa shape index (κ3) is 2.10. The first-order valence-electron chi connectivity index (χ1n) is 5.59. The molecular formula is C12H9ClN4O2. The van der Waals surface area contributed by atoms with Crippen molar-refractivity contribution < 1.29 is 4.52 Å². The number of alkyl halides is 1. The van der Waals surface area contributed by atoms with Crippen molar-refractivity contribution in [2.75, 3.05) is 0 Å². The van der Waals surface area contributed by atoms with Gasteiger partial charge >= 0.3 is 0 Å². The quantitative estimate of drug-likeness (QED) is 0.679. The fraction of sp³-hybridized carbons (Fsp3) is 0.167. The standard InChI is InChI=1S/C12H9ClN4O2/c13-5-11-15-9-4-2-1-3-8(9)12(18)17(11)6-10-14-7-19-16-10/h1-4,7H,5-6H2. The van der Waals surface area contributed by atoms with Gasteiger partial charge in [-0.2, -0.15) is 4.98 Å². The van der Waals surface area contributed by atoms with Gasteiger partial charge < -0.3 is 4.52 Å². The van der Waals surface area contributed by atoms with Crippen LogP contribution in [0.25, 0.3) is 10.9 Å². The fourth-order valence-electron chi connectivity index (χ4n) is 1.88. The number of hydrogen-bond donors (Lipinski definition) is 0. The number of fused-ring (bicyclic) bond motifs is 1. The minimum Gasteiger partial charge on any atom is -0.343 e. The van der Waals surface area contributed by atoms with Gasteiger partial charge in [0.1, 0.15) is 5.82 Å². The molecular weight excluding hydrogens is 268 g/mol. The third-order valence-electron chi connectivity index (χ3n) is 2.77. The SMILES string of the molecule is O=c1c2ccccc2nc(CCl)n1Cc1ncon1. The smallest absolute Gasteiger partial charge is 0.261 e. The Bertz CT molecular complexity index is 767. The first-order chi connectivity index (χ1) is 9.29. The highest BCUT2D eigenvalue weighted by Crippen LogP contribution is 2.10. The number of halogens is 1. The molecule has 3 aromatic rings. The van der Waals surface area contributed by atoms with Crippen LogP contribution in [0, 0.1) is 0 Å². The van der Waals surface area contributed by atoms with Crippen LogP contribution < -0.4 is 5.56 Å². The van der Waals surface area contributed by atoms with E-state index in [0.29, 0.717) is 22.6 Å². The van der Waals surface area contributed by atoms with Crippen molar-refractivity contribution in [2.24, 2.45) is 0 Å². The van der Waals surface area contributed by atoms with Crippen LogP contribution in [0.2, 0.25) is 0 Å². The molecule has 1 aromatic carbocycles. The average Bonchev–Trinajstić information content (AvgIpc) is 2.95. The average molecular weight is 277 g/mol. The second-order valence-corrected chi connectivity index (χ2v) is 4.18. The molecule has 0 N–H and O–H groups in total. The van der Waals surface area contributed by atoms with E-state index in [-0.39, 0.29) is 18.0 Å². The molecule has 6 nitrogen and oxygen atoms in total. The Hall–Kier alpha value is -2.21. The van der Waals surface area contributed by atoms with E-state index in [2.05, 4.69) is 19.6 Å². The number of hydrogen-bond acceptors (Lipinski definition) is 5. The minimum atomic E-state index is -0.161. The first kappa shape index (κ1) is 11.9. The van der Waals surface area contributed by atoms with Crippen molar-refractivity contribution in [3.05, 3.63) is 52.7 Å². The van der Waals surface area contributed by atoms with E-state index in [9.17, 15) is 4.79 Å². The molecule has 3 rings (SSSR count). The molecule has 0 aliphatic rings. The van der Waals surface area contributed by atoms with Crippen molar-refractivity contribution in [2.45, 2.75) is 12.4 Å². The number of aromatic nitrogens is 4. The van der Waals surface area contributed by atoms with Crippen molar-refractivity contribution in [3.63, 3.8) is 0 Å². The Morgan fingerprint density at radius 2 is 2.16 bits per heavy atom. The second-order valence-electron chi connectivity index (χ2n) is 3.92. The maximum absolute atomic E-state index is 12.4. The van der Waals surface area contributed by atoms with Crippen molar-refractivity contribution in [1.82, 2.24) is 19.7 Å². The van der Waals surface area contributed by atoms with Crippen molar-refractivity contribution in [3.8, 4) is 0 Å². The van der Waals surface area contributed by atoms with Gasteiger partial charge in [0.2, 0.25) is 6.39 Å². The van der Waals surface area contributed by atoms with Crippen LogP contribution in [0.5, 0.6) is 0 Å². The zero-order valence-electron chi connectivity index (χ0n) is 9.78. The molecule has 96 valence electrons.